The summed E-state index contributed by atoms with van der Waals surface area (Å²) in [6.45, 7) is 5.33. The van der Waals surface area contributed by atoms with E-state index in [0.29, 0.717) is 12.2 Å². The number of thiazole rings is 1. The van der Waals surface area contributed by atoms with Crippen LogP contribution in [0.2, 0.25) is 0 Å². The summed E-state index contributed by atoms with van der Waals surface area (Å²) in [7, 11) is 0. The highest BCUT2D eigenvalue weighted by Crippen LogP contribution is 2.15. The first-order valence-corrected chi connectivity index (χ1v) is 6.66. The second-order valence-electron chi connectivity index (χ2n) is 4.05. The molecule has 0 unspecified atom stereocenters. The molecule has 0 aliphatic rings. The van der Waals surface area contributed by atoms with E-state index in [1.165, 1.54) is 0 Å². The van der Waals surface area contributed by atoms with Gasteiger partial charge in [0.25, 0.3) is 5.91 Å². The lowest BCUT2D eigenvalue weighted by Crippen LogP contribution is -2.26. The molecule has 96 valence electrons. The zero-order valence-corrected chi connectivity index (χ0v) is 11.3. The third kappa shape index (κ3) is 3.16. The largest absolute Gasteiger partial charge is 0.351 e. The Kier molecular flexibility index (Phi) is 4.09. The molecule has 1 amide bonds. The van der Waals surface area contributed by atoms with Crippen LogP contribution in [0.15, 0.2) is 18.7 Å². The molecule has 2 rings (SSSR count). The average molecular weight is 264 g/mol. The molecule has 2 aromatic rings. The molecule has 6 heteroatoms. The van der Waals surface area contributed by atoms with E-state index in [1.807, 2.05) is 24.6 Å². The molecular formula is C12H16N4OS. The molecule has 2 aromatic heterocycles. The van der Waals surface area contributed by atoms with E-state index in [9.17, 15) is 4.79 Å². The quantitative estimate of drug-likeness (QED) is 0.837. The van der Waals surface area contributed by atoms with Crippen LogP contribution in [-0.4, -0.2) is 27.0 Å². The van der Waals surface area contributed by atoms with E-state index in [-0.39, 0.29) is 5.91 Å². The van der Waals surface area contributed by atoms with Crippen LogP contribution in [0.5, 0.6) is 0 Å². The number of carbonyl (C=O) groups is 1. The van der Waals surface area contributed by atoms with E-state index in [4.69, 9.17) is 0 Å². The number of nitrogens with zero attached hydrogens (tertiary/aromatic N) is 3. The minimum absolute atomic E-state index is 0.0810. The van der Waals surface area contributed by atoms with Crippen LogP contribution in [0.1, 0.15) is 26.8 Å². The van der Waals surface area contributed by atoms with Crippen LogP contribution in [0.4, 0.5) is 0 Å². The summed E-state index contributed by atoms with van der Waals surface area (Å²) in [5.74, 6) is -0.0810. The van der Waals surface area contributed by atoms with Crippen LogP contribution < -0.4 is 5.32 Å². The van der Waals surface area contributed by atoms with Crippen molar-refractivity contribution in [3.05, 3.63) is 34.3 Å². The minimum atomic E-state index is -0.0810. The van der Waals surface area contributed by atoms with Gasteiger partial charge in [-0.3, -0.25) is 4.79 Å². The molecule has 5 nitrogen and oxygen atoms in total. The van der Waals surface area contributed by atoms with Crippen molar-refractivity contribution < 1.29 is 4.79 Å². The topological polar surface area (TPSA) is 59.8 Å². The van der Waals surface area contributed by atoms with Crippen LogP contribution >= 0.6 is 11.3 Å². The number of hydrogen-bond donors (Lipinski definition) is 1. The van der Waals surface area contributed by atoms with E-state index >= 15 is 0 Å². The van der Waals surface area contributed by atoms with Crippen molar-refractivity contribution in [3.8, 4) is 0 Å². The van der Waals surface area contributed by atoms with Gasteiger partial charge in [0.15, 0.2) is 0 Å². The number of rotatable bonds is 5. The number of hydrogen-bond acceptors (Lipinski definition) is 4. The van der Waals surface area contributed by atoms with Crippen molar-refractivity contribution in [1.82, 2.24) is 19.9 Å². The first kappa shape index (κ1) is 12.8. The molecule has 1 N–H and O–H groups in total. The van der Waals surface area contributed by atoms with Crippen molar-refractivity contribution >= 4 is 17.2 Å². The number of aromatic nitrogens is 3. The Labute approximate surface area is 110 Å². The van der Waals surface area contributed by atoms with Crippen molar-refractivity contribution in [2.24, 2.45) is 0 Å². The molecule has 0 atom stereocenters. The number of aryl methyl sites for hydroxylation is 3. The maximum atomic E-state index is 11.9. The normalized spacial score (nSPS) is 10.6. The SMILES string of the molecule is Cc1nc(C(=O)NCCCn2ccnc2)c(C)s1. The Morgan fingerprint density at radius 3 is 2.94 bits per heavy atom. The lowest BCUT2D eigenvalue weighted by molar-refractivity contribution is 0.0947. The fraction of sp³-hybridized carbons (Fsp3) is 0.417. The summed E-state index contributed by atoms with van der Waals surface area (Å²) < 4.78 is 1.99. The van der Waals surface area contributed by atoms with Gasteiger partial charge in [-0.2, -0.15) is 0 Å². The predicted molar refractivity (Wildman–Crippen MR) is 70.8 cm³/mol. The Balaban J connectivity index is 1.77. The van der Waals surface area contributed by atoms with Crippen LogP contribution in [-0.2, 0) is 6.54 Å². The Bertz CT molecular complexity index is 518. The van der Waals surface area contributed by atoms with E-state index in [1.54, 1.807) is 23.9 Å². The molecule has 0 saturated heterocycles. The first-order valence-electron chi connectivity index (χ1n) is 5.85. The molecule has 0 bridgehead atoms. The Morgan fingerprint density at radius 1 is 1.50 bits per heavy atom. The number of imidazole rings is 1. The lowest BCUT2D eigenvalue weighted by atomic mass is 10.3. The summed E-state index contributed by atoms with van der Waals surface area (Å²) in [4.78, 5) is 21.0. The molecule has 0 saturated carbocycles. The van der Waals surface area contributed by atoms with Gasteiger partial charge < -0.3 is 9.88 Å². The molecular weight excluding hydrogens is 248 g/mol. The summed E-state index contributed by atoms with van der Waals surface area (Å²) >= 11 is 1.55. The number of amides is 1. The summed E-state index contributed by atoms with van der Waals surface area (Å²) in [6, 6.07) is 0. The maximum absolute atomic E-state index is 11.9. The van der Waals surface area contributed by atoms with Gasteiger partial charge in [-0.15, -0.1) is 11.3 Å². The number of carbonyl (C=O) groups excluding carboxylic acids is 1. The van der Waals surface area contributed by atoms with Crippen molar-refractivity contribution in [3.63, 3.8) is 0 Å². The van der Waals surface area contributed by atoms with Gasteiger partial charge >= 0.3 is 0 Å². The molecule has 0 aliphatic carbocycles. The molecule has 0 spiro atoms. The first-order chi connectivity index (χ1) is 8.66. The molecule has 0 aromatic carbocycles. The maximum Gasteiger partial charge on any atom is 0.271 e. The van der Waals surface area contributed by atoms with Crippen molar-refractivity contribution in [2.45, 2.75) is 26.8 Å². The van der Waals surface area contributed by atoms with Gasteiger partial charge in [-0.05, 0) is 20.3 Å². The predicted octanol–water partition coefficient (Wildman–Crippen LogP) is 1.78. The second-order valence-corrected chi connectivity index (χ2v) is 5.45. The standard InChI is InChI=1S/C12H16N4OS/c1-9-11(15-10(2)18-9)12(17)14-4-3-6-16-7-5-13-8-16/h5,7-8H,3-4,6H2,1-2H3,(H,14,17). The van der Waals surface area contributed by atoms with Gasteiger partial charge in [0.2, 0.25) is 0 Å². The Morgan fingerprint density at radius 2 is 2.33 bits per heavy atom. The van der Waals surface area contributed by atoms with E-state index in [2.05, 4.69) is 15.3 Å². The zero-order chi connectivity index (χ0) is 13.0. The molecule has 2 heterocycles. The highest BCUT2D eigenvalue weighted by atomic mass is 32.1. The van der Waals surface area contributed by atoms with E-state index < -0.39 is 0 Å². The van der Waals surface area contributed by atoms with Crippen molar-refractivity contribution in [1.29, 1.82) is 0 Å². The lowest BCUT2D eigenvalue weighted by Gasteiger charge is -2.04. The molecule has 0 radical (unpaired) electrons. The van der Waals surface area contributed by atoms with Crippen molar-refractivity contribution in [2.75, 3.05) is 6.54 Å². The third-order valence-electron chi connectivity index (χ3n) is 2.56. The zero-order valence-electron chi connectivity index (χ0n) is 10.5. The van der Waals surface area contributed by atoms with Crippen LogP contribution in [0.3, 0.4) is 0 Å². The van der Waals surface area contributed by atoms with Crippen LogP contribution in [0, 0.1) is 13.8 Å². The van der Waals surface area contributed by atoms with Gasteiger partial charge in [-0.1, -0.05) is 0 Å². The highest BCUT2D eigenvalue weighted by molar-refractivity contribution is 7.11. The monoisotopic (exact) mass is 264 g/mol. The average Bonchev–Trinajstić information content (AvgIpc) is 2.94. The van der Waals surface area contributed by atoms with Gasteiger partial charge in [0, 0.05) is 30.4 Å². The van der Waals surface area contributed by atoms with Crippen LogP contribution in [0.25, 0.3) is 0 Å². The smallest absolute Gasteiger partial charge is 0.271 e. The summed E-state index contributed by atoms with van der Waals surface area (Å²) in [6.07, 6.45) is 6.32. The van der Waals surface area contributed by atoms with E-state index in [0.717, 1.165) is 22.9 Å². The number of nitrogens with one attached hydrogen (secondary N) is 1. The second kappa shape index (κ2) is 5.77. The molecule has 0 aliphatic heterocycles. The molecule has 0 fully saturated rings. The van der Waals surface area contributed by atoms with Gasteiger partial charge in [0.1, 0.15) is 5.69 Å². The van der Waals surface area contributed by atoms with Gasteiger partial charge in [-0.25, -0.2) is 9.97 Å². The minimum Gasteiger partial charge on any atom is -0.351 e. The summed E-state index contributed by atoms with van der Waals surface area (Å²) in [5, 5.41) is 3.81. The Hall–Kier alpha value is -1.69. The fourth-order valence-corrected chi connectivity index (χ4v) is 2.52. The fourth-order valence-electron chi connectivity index (χ4n) is 1.71. The highest BCUT2D eigenvalue weighted by Gasteiger charge is 2.12. The third-order valence-corrected chi connectivity index (χ3v) is 3.44. The summed E-state index contributed by atoms with van der Waals surface area (Å²) in [5.41, 5.74) is 0.556. The van der Waals surface area contributed by atoms with Gasteiger partial charge in [0.05, 0.1) is 11.3 Å². The molecule has 18 heavy (non-hydrogen) atoms.